The van der Waals surface area contributed by atoms with Gasteiger partial charge in [-0.3, -0.25) is 14.9 Å². The molecule has 3 rings (SSSR count). The van der Waals surface area contributed by atoms with Crippen molar-refractivity contribution in [2.75, 3.05) is 10.6 Å². The molecular formula is C13H9ClF3N5O2. The number of hydrogen-bond acceptors (Lipinski definition) is 4. The summed E-state index contributed by atoms with van der Waals surface area (Å²) in [6.07, 6.45) is -3.70. The number of fused-ring (bicyclic) bond motifs is 1. The van der Waals surface area contributed by atoms with Crippen LogP contribution in [0.3, 0.4) is 0 Å². The van der Waals surface area contributed by atoms with Crippen molar-refractivity contribution in [3.63, 3.8) is 0 Å². The highest BCUT2D eigenvalue weighted by atomic mass is 35.5. The van der Waals surface area contributed by atoms with Crippen molar-refractivity contribution in [3.05, 3.63) is 35.1 Å². The third kappa shape index (κ3) is 3.04. The summed E-state index contributed by atoms with van der Waals surface area (Å²) in [6, 6.07) is 1.99. The molecule has 1 aromatic carbocycles. The van der Waals surface area contributed by atoms with Crippen molar-refractivity contribution in [2.45, 2.75) is 18.6 Å². The van der Waals surface area contributed by atoms with Crippen LogP contribution < -0.4 is 10.6 Å². The van der Waals surface area contributed by atoms with Crippen molar-refractivity contribution in [2.24, 2.45) is 0 Å². The van der Waals surface area contributed by atoms with E-state index < -0.39 is 34.6 Å². The van der Waals surface area contributed by atoms with Crippen LogP contribution in [0.25, 0.3) is 0 Å². The van der Waals surface area contributed by atoms with E-state index >= 15 is 0 Å². The molecule has 0 fully saturated rings. The average molecular weight is 360 g/mol. The Bertz CT molecular complexity index is 820. The Kier molecular flexibility index (Phi) is 3.91. The third-order valence-electron chi connectivity index (χ3n) is 3.34. The van der Waals surface area contributed by atoms with Crippen LogP contribution in [0.5, 0.6) is 0 Å². The molecule has 1 atom stereocenters. The molecular weight excluding hydrogens is 351 g/mol. The van der Waals surface area contributed by atoms with Gasteiger partial charge in [-0.05, 0) is 18.2 Å². The van der Waals surface area contributed by atoms with Crippen molar-refractivity contribution < 1.29 is 22.8 Å². The first-order valence-corrected chi connectivity index (χ1v) is 7.00. The minimum absolute atomic E-state index is 0.0932. The van der Waals surface area contributed by atoms with Gasteiger partial charge in [0.15, 0.2) is 0 Å². The Labute approximate surface area is 137 Å². The summed E-state index contributed by atoms with van der Waals surface area (Å²) in [6.45, 7) is 0. The number of alkyl halides is 3. The number of anilines is 2. The number of benzene rings is 1. The number of nitrogens with one attached hydrogen (secondary N) is 2. The van der Waals surface area contributed by atoms with E-state index in [1.807, 2.05) is 0 Å². The van der Waals surface area contributed by atoms with Crippen LogP contribution in [0.15, 0.2) is 24.5 Å². The highest BCUT2D eigenvalue weighted by Crippen LogP contribution is 2.36. The van der Waals surface area contributed by atoms with Crippen LogP contribution in [-0.2, 0) is 15.8 Å². The van der Waals surface area contributed by atoms with Gasteiger partial charge in [-0.25, -0.2) is 4.68 Å². The van der Waals surface area contributed by atoms with Crippen LogP contribution in [-0.4, -0.2) is 26.6 Å². The molecule has 2 amide bonds. The summed E-state index contributed by atoms with van der Waals surface area (Å²) in [7, 11) is 0. The summed E-state index contributed by atoms with van der Waals surface area (Å²) in [4.78, 5) is 27.7. The predicted octanol–water partition coefficient (Wildman–Crippen LogP) is 2.47. The van der Waals surface area contributed by atoms with E-state index in [0.29, 0.717) is 0 Å². The molecule has 0 saturated heterocycles. The monoisotopic (exact) mass is 359 g/mol. The lowest BCUT2D eigenvalue weighted by molar-refractivity contribution is -0.137. The van der Waals surface area contributed by atoms with Crippen LogP contribution in [0.2, 0.25) is 5.02 Å². The summed E-state index contributed by atoms with van der Waals surface area (Å²) < 4.78 is 39.8. The van der Waals surface area contributed by atoms with Gasteiger partial charge >= 0.3 is 6.18 Å². The molecule has 11 heteroatoms. The third-order valence-corrected chi connectivity index (χ3v) is 3.67. The first-order valence-electron chi connectivity index (χ1n) is 6.62. The van der Waals surface area contributed by atoms with Crippen molar-refractivity contribution in [1.29, 1.82) is 0 Å². The van der Waals surface area contributed by atoms with E-state index in [9.17, 15) is 22.8 Å². The molecule has 1 aliphatic heterocycles. The lowest BCUT2D eigenvalue weighted by atomic mass is 10.1. The molecule has 2 aromatic rings. The number of hydrogen-bond donors (Lipinski definition) is 2. The van der Waals surface area contributed by atoms with E-state index in [-0.39, 0.29) is 18.1 Å². The molecule has 2 heterocycles. The number of nitrogens with zero attached hydrogens (tertiary/aromatic N) is 3. The van der Waals surface area contributed by atoms with Crippen molar-refractivity contribution >= 4 is 35.1 Å². The molecule has 1 unspecified atom stereocenters. The highest BCUT2D eigenvalue weighted by molar-refractivity contribution is 6.31. The molecule has 1 aliphatic rings. The molecule has 2 N–H and O–H groups in total. The van der Waals surface area contributed by atoms with Gasteiger partial charge in [0, 0.05) is 5.69 Å². The fourth-order valence-electron chi connectivity index (χ4n) is 2.26. The number of amides is 2. The topological polar surface area (TPSA) is 88.9 Å². The maximum absolute atomic E-state index is 12.9. The second-order valence-electron chi connectivity index (χ2n) is 4.98. The maximum atomic E-state index is 12.9. The lowest BCUT2D eigenvalue weighted by Crippen LogP contribution is -2.36. The van der Waals surface area contributed by atoms with Crippen LogP contribution in [0.1, 0.15) is 18.0 Å². The fraction of sp³-hybridized carbons (Fsp3) is 0.231. The summed E-state index contributed by atoms with van der Waals surface area (Å²) >= 11 is 5.53. The zero-order chi connectivity index (χ0) is 17.5. The second-order valence-corrected chi connectivity index (χ2v) is 5.39. The number of carbonyl (C=O) groups is 2. The average Bonchev–Trinajstić information content (AvgIpc) is 2.95. The van der Waals surface area contributed by atoms with E-state index in [1.165, 1.54) is 10.7 Å². The van der Waals surface area contributed by atoms with Crippen LogP contribution in [0, 0.1) is 0 Å². The Morgan fingerprint density at radius 1 is 1.42 bits per heavy atom. The van der Waals surface area contributed by atoms with E-state index in [0.717, 1.165) is 18.5 Å². The fourth-order valence-corrected chi connectivity index (χ4v) is 2.48. The molecule has 0 radical (unpaired) electrons. The zero-order valence-corrected chi connectivity index (χ0v) is 12.5. The van der Waals surface area contributed by atoms with Gasteiger partial charge in [0.25, 0.3) is 0 Å². The van der Waals surface area contributed by atoms with Crippen molar-refractivity contribution in [3.8, 4) is 0 Å². The Morgan fingerprint density at radius 2 is 2.17 bits per heavy atom. The van der Waals surface area contributed by atoms with Gasteiger partial charge in [-0.1, -0.05) is 11.6 Å². The SMILES string of the molecule is O=C1CC(C(=O)Nc2ccc(Cl)c(C(F)(F)F)c2)n2ncnc2N1. The number of carbonyl (C=O) groups excluding carboxylic acids is 2. The number of rotatable bonds is 2. The first kappa shape index (κ1) is 16.2. The second kappa shape index (κ2) is 5.78. The van der Waals surface area contributed by atoms with Gasteiger partial charge in [0.2, 0.25) is 17.8 Å². The standard InChI is InChI=1S/C13H9ClF3N5O2/c14-8-2-1-6(3-7(8)13(15,16)17)20-11(24)9-4-10(23)21-12-18-5-19-22(9)12/h1-3,5,9H,4H2,(H,20,24)(H,18,19,21,23). The Balaban J connectivity index is 1.85. The maximum Gasteiger partial charge on any atom is 0.417 e. The zero-order valence-electron chi connectivity index (χ0n) is 11.8. The molecule has 0 aliphatic carbocycles. The normalized spacial score (nSPS) is 17.2. The molecule has 7 nitrogen and oxygen atoms in total. The molecule has 24 heavy (non-hydrogen) atoms. The minimum atomic E-state index is -4.65. The van der Waals surface area contributed by atoms with Gasteiger partial charge in [-0.15, -0.1) is 0 Å². The molecule has 1 aromatic heterocycles. The Hall–Kier alpha value is -2.62. The molecule has 0 bridgehead atoms. The van der Waals surface area contributed by atoms with Gasteiger partial charge in [0.05, 0.1) is 17.0 Å². The van der Waals surface area contributed by atoms with E-state index in [4.69, 9.17) is 11.6 Å². The molecule has 0 spiro atoms. The molecule has 0 saturated carbocycles. The summed E-state index contributed by atoms with van der Waals surface area (Å²) in [5.74, 6) is -1.03. The summed E-state index contributed by atoms with van der Waals surface area (Å²) in [5.41, 5.74) is -1.16. The minimum Gasteiger partial charge on any atom is -0.324 e. The smallest absolute Gasteiger partial charge is 0.324 e. The van der Waals surface area contributed by atoms with Gasteiger partial charge < -0.3 is 5.32 Å². The highest BCUT2D eigenvalue weighted by Gasteiger charge is 2.35. The largest absolute Gasteiger partial charge is 0.417 e. The lowest BCUT2D eigenvalue weighted by Gasteiger charge is -2.22. The van der Waals surface area contributed by atoms with Gasteiger partial charge in [0.1, 0.15) is 12.4 Å². The first-order chi connectivity index (χ1) is 11.3. The van der Waals surface area contributed by atoms with Crippen LogP contribution >= 0.6 is 11.6 Å². The Morgan fingerprint density at radius 3 is 2.88 bits per heavy atom. The van der Waals surface area contributed by atoms with Crippen molar-refractivity contribution in [1.82, 2.24) is 14.8 Å². The predicted molar refractivity (Wildman–Crippen MR) is 77.4 cm³/mol. The van der Waals surface area contributed by atoms with E-state index in [2.05, 4.69) is 20.7 Å². The van der Waals surface area contributed by atoms with Gasteiger partial charge in [-0.2, -0.15) is 23.3 Å². The number of halogens is 4. The number of aromatic nitrogens is 3. The summed E-state index contributed by atoms with van der Waals surface area (Å²) in [5, 5.41) is 8.13. The quantitative estimate of drug-likeness (QED) is 0.862. The van der Waals surface area contributed by atoms with E-state index in [1.54, 1.807) is 0 Å². The molecule has 126 valence electrons. The van der Waals surface area contributed by atoms with Crippen LogP contribution in [0.4, 0.5) is 24.8 Å².